The summed E-state index contributed by atoms with van der Waals surface area (Å²) in [7, 11) is 0. The number of piperidine rings is 1. The molecular formula is C31H36N2O2. The SMILES string of the molecule is CCOc1ccc(-c2c(C)c3ccccc3n2Cc2ccc(OCCN3CCCCC3)cc2)cc1. The molecule has 35 heavy (non-hydrogen) atoms. The van der Waals surface area contributed by atoms with Crippen LogP contribution in [0.3, 0.4) is 0 Å². The van der Waals surface area contributed by atoms with E-state index >= 15 is 0 Å². The van der Waals surface area contributed by atoms with Crippen LogP contribution in [0, 0.1) is 6.92 Å². The Hall–Kier alpha value is -3.24. The molecule has 1 aromatic heterocycles. The second-order valence-corrected chi connectivity index (χ2v) is 9.43. The average molecular weight is 469 g/mol. The molecule has 0 amide bonds. The van der Waals surface area contributed by atoms with Crippen molar-refractivity contribution >= 4 is 10.9 Å². The van der Waals surface area contributed by atoms with Gasteiger partial charge in [-0.2, -0.15) is 0 Å². The van der Waals surface area contributed by atoms with Gasteiger partial charge in [-0.1, -0.05) is 36.8 Å². The molecule has 1 saturated heterocycles. The van der Waals surface area contributed by atoms with Crippen LogP contribution in [-0.4, -0.2) is 42.3 Å². The maximum Gasteiger partial charge on any atom is 0.119 e. The molecule has 0 unspecified atom stereocenters. The molecule has 182 valence electrons. The van der Waals surface area contributed by atoms with Gasteiger partial charge in [0.2, 0.25) is 0 Å². The third-order valence-corrected chi connectivity index (χ3v) is 7.05. The molecule has 4 heteroatoms. The summed E-state index contributed by atoms with van der Waals surface area (Å²) >= 11 is 0. The first-order valence-electron chi connectivity index (χ1n) is 13.0. The summed E-state index contributed by atoms with van der Waals surface area (Å²) in [6.07, 6.45) is 4.01. The van der Waals surface area contributed by atoms with Crippen molar-refractivity contribution in [2.45, 2.75) is 39.7 Å². The van der Waals surface area contributed by atoms with E-state index in [0.717, 1.165) is 31.2 Å². The van der Waals surface area contributed by atoms with Gasteiger partial charge in [0.05, 0.1) is 12.3 Å². The van der Waals surface area contributed by atoms with Crippen LogP contribution in [0.2, 0.25) is 0 Å². The van der Waals surface area contributed by atoms with Crippen molar-refractivity contribution in [3.63, 3.8) is 0 Å². The van der Waals surface area contributed by atoms with E-state index in [-0.39, 0.29) is 0 Å². The summed E-state index contributed by atoms with van der Waals surface area (Å²) in [5.41, 5.74) is 6.30. The molecule has 0 aliphatic carbocycles. The van der Waals surface area contributed by atoms with E-state index in [1.165, 1.54) is 65.6 Å². The zero-order valence-electron chi connectivity index (χ0n) is 21.0. The van der Waals surface area contributed by atoms with Gasteiger partial charge in [-0.05, 0) is 98.9 Å². The minimum atomic E-state index is 0.677. The number of para-hydroxylation sites is 1. The Morgan fingerprint density at radius 1 is 0.771 bits per heavy atom. The Labute approximate surface area is 209 Å². The van der Waals surface area contributed by atoms with Crippen LogP contribution in [-0.2, 0) is 6.54 Å². The molecule has 0 spiro atoms. The molecule has 0 saturated carbocycles. The Morgan fingerprint density at radius 2 is 1.46 bits per heavy atom. The number of rotatable bonds is 9. The predicted octanol–water partition coefficient (Wildman–Crippen LogP) is 6.93. The highest BCUT2D eigenvalue weighted by Crippen LogP contribution is 2.35. The highest BCUT2D eigenvalue weighted by Gasteiger charge is 2.16. The van der Waals surface area contributed by atoms with Gasteiger partial charge < -0.3 is 14.0 Å². The summed E-state index contributed by atoms with van der Waals surface area (Å²) in [5, 5.41) is 1.30. The molecule has 0 radical (unpaired) electrons. The lowest BCUT2D eigenvalue weighted by Gasteiger charge is -2.26. The number of aromatic nitrogens is 1. The third kappa shape index (κ3) is 5.38. The zero-order chi connectivity index (χ0) is 24.0. The maximum absolute atomic E-state index is 6.05. The molecule has 0 N–H and O–H groups in total. The number of aryl methyl sites for hydroxylation is 1. The van der Waals surface area contributed by atoms with E-state index in [4.69, 9.17) is 9.47 Å². The fraction of sp³-hybridized carbons (Fsp3) is 0.355. The number of benzene rings is 3. The highest BCUT2D eigenvalue weighted by molar-refractivity contribution is 5.91. The van der Waals surface area contributed by atoms with Crippen LogP contribution in [0.1, 0.15) is 37.3 Å². The summed E-state index contributed by atoms with van der Waals surface area (Å²) in [6, 6.07) is 25.8. The van der Waals surface area contributed by atoms with Crippen LogP contribution in [0.4, 0.5) is 0 Å². The topological polar surface area (TPSA) is 26.6 Å². The van der Waals surface area contributed by atoms with Crippen LogP contribution >= 0.6 is 0 Å². The lowest BCUT2D eigenvalue weighted by molar-refractivity contribution is 0.183. The maximum atomic E-state index is 6.05. The number of hydrogen-bond donors (Lipinski definition) is 0. The molecular weight excluding hydrogens is 432 g/mol. The minimum Gasteiger partial charge on any atom is -0.494 e. The van der Waals surface area contributed by atoms with Crippen molar-refractivity contribution in [2.24, 2.45) is 0 Å². The third-order valence-electron chi connectivity index (χ3n) is 7.05. The summed E-state index contributed by atoms with van der Waals surface area (Å²) in [6.45, 7) is 9.92. The first-order chi connectivity index (χ1) is 17.2. The zero-order valence-corrected chi connectivity index (χ0v) is 21.0. The van der Waals surface area contributed by atoms with Gasteiger partial charge in [-0.15, -0.1) is 0 Å². The van der Waals surface area contributed by atoms with E-state index in [1.807, 2.05) is 6.92 Å². The molecule has 4 nitrogen and oxygen atoms in total. The number of fused-ring (bicyclic) bond motifs is 1. The number of hydrogen-bond acceptors (Lipinski definition) is 3. The van der Waals surface area contributed by atoms with Crippen molar-refractivity contribution in [1.29, 1.82) is 0 Å². The van der Waals surface area contributed by atoms with E-state index in [0.29, 0.717) is 6.61 Å². The quantitative estimate of drug-likeness (QED) is 0.266. The molecule has 4 aromatic rings. The molecule has 1 fully saturated rings. The van der Waals surface area contributed by atoms with Gasteiger partial charge >= 0.3 is 0 Å². The molecule has 3 aromatic carbocycles. The van der Waals surface area contributed by atoms with E-state index in [2.05, 4.69) is 89.2 Å². The molecule has 1 aliphatic rings. The molecule has 1 aliphatic heterocycles. The van der Waals surface area contributed by atoms with Crippen LogP contribution in [0.25, 0.3) is 22.2 Å². The van der Waals surface area contributed by atoms with E-state index in [9.17, 15) is 0 Å². The monoisotopic (exact) mass is 468 g/mol. The number of nitrogens with zero attached hydrogens (tertiary/aromatic N) is 2. The minimum absolute atomic E-state index is 0.677. The molecule has 0 atom stereocenters. The van der Waals surface area contributed by atoms with Crippen LogP contribution in [0.5, 0.6) is 11.5 Å². The van der Waals surface area contributed by atoms with Crippen molar-refractivity contribution in [3.05, 3.63) is 83.9 Å². The summed E-state index contributed by atoms with van der Waals surface area (Å²) < 4.78 is 14.2. The Morgan fingerprint density at radius 3 is 2.20 bits per heavy atom. The lowest BCUT2D eigenvalue weighted by atomic mass is 10.1. The smallest absolute Gasteiger partial charge is 0.119 e. The lowest BCUT2D eigenvalue weighted by Crippen LogP contribution is -2.33. The van der Waals surface area contributed by atoms with Gasteiger partial charge in [0.25, 0.3) is 0 Å². The molecule has 2 heterocycles. The number of likely N-dealkylation sites (tertiary alicyclic amines) is 1. The Bertz CT molecular complexity index is 1240. The molecule has 5 rings (SSSR count). The van der Waals surface area contributed by atoms with Gasteiger partial charge in [-0.25, -0.2) is 0 Å². The van der Waals surface area contributed by atoms with Crippen molar-refractivity contribution in [1.82, 2.24) is 9.47 Å². The van der Waals surface area contributed by atoms with Gasteiger partial charge in [0, 0.05) is 24.0 Å². The first kappa shape index (κ1) is 23.5. The molecule has 0 bridgehead atoms. The Balaban J connectivity index is 1.35. The Kier molecular flexibility index (Phi) is 7.39. The number of ether oxygens (including phenoxy) is 2. The van der Waals surface area contributed by atoms with Crippen molar-refractivity contribution < 1.29 is 9.47 Å². The fourth-order valence-corrected chi connectivity index (χ4v) is 5.24. The van der Waals surface area contributed by atoms with Gasteiger partial charge in [-0.3, -0.25) is 4.90 Å². The van der Waals surface area contributed by atoms with Gasteiger partial charge in [0.1, 0.15) is 18.1 Å². The largest absolute Gasteiger partial charge is 0.494 e. The average Bonchev–Trinajstić information content (AvgIpc) is 3.18. The van der Waals surface area contributed by atoms with Crippen LogP contribution < -0.4 is 9.47 Å². The normalized spacial score (nSPS) is 14.3. The second kappa shape index (κ2) is 11.0. The standard InChI is InChI=1S/C31H36N2O2/c1-3-34-27-17-13-26(14-18-27)31-24(2)29-9-5-6-10-30(29)33(31)23-25-11-15-28(16-12-25)35-22-21-32-19-7-4-8-20-32/h5-6,9-18H,3-4,7-8,19-23H2,1-2H3. The summed E-state index contributed by atoms with van der Waals surface area (Å²) in [5.74, 6) is 1.86. The predicted molar refractivity (Wildman–Crippen MR) is 145 cm³/mol. The van der Waals surface area contributed by atoms with E-state index in [1.54, 1.807) is 0 Å². The highest BCUT2D eigenvalue weighted by atomic mass is 16.5. The first-order valence-corrected chi connectivity index (χ1v) is 13.0. The van der Waals surface area contributed by atoms with Crippen LogP contribution in [0.15, 0.2) is 72.8 Å². The van der Waals surface area contributed by atoms with Crippen molar-refractivity contribution in [3.8, 4) is 22.8 Å². The fourth-order valence-electron chi connectivity index (χ4n) is 5.24. The summed E-state index contributed by atoms with van der Waals surface area (Å²) in [4.78, 5) is 2.51. The van der Waals surface area contributed by atoms with Gasteiger partial charge in [0.15, 0.2) is 0 Å². The van der Waals surface area contributed by atoms with Crippen molar-refractivity contribution in [2.75, 3.05) is 32.8 Å². The van der Waals surface area contributed by atoms with E-state index < -0.39 is 0 Å². The second-order valence-electron chi connectivity index (χ2n) is 9.43.